The van der Waals surface area contributed by atoms with Gasteiger partial charge in [-0.2, -0.15) is 0 Å². The number of halogens is 1. The Kier molecular flexibility index (Phi) is 3.69. The quantitative estimate of drug-likeness (QED) is 0.808. The molecular formula is C15H14BrN3. The maximum Gasteiger partial charge on any atom is 0.0902 e. The fourth-order valence-corrected chi connectivity index (χ4v) is 2.59. The van der Waals surface area contributed by atoms with E-state index >= 15 is 0 Å². The molecule has 0 saturated carbocycles. The summed E-state index contributed by atoms with van der Waals surface area (Å²) in [5.41, 5.74) is 3.86. The van der Waals surface area contributed by atoms with E-state index in [-0.39, 0.29) is 0 Å². The van der Waals surface area contributed by atoms with E-state index in [1.807, 2.05) is 24.5 Å². The molecule has 0 atom stereocenters. The van der Waals surface area contributed by atoms with Gasteiger partial charge < -0.3 is 0 Å². The third kappa shape index (κ3) is 2.89. The Morgan fingerprint density at radius 3 is 2.68 bits per heavy atom. The Bertz CT molecular complexity index is 612. The van der Waals surface area contributed by atoms with Crippen LogP contribution >= 0.6 is 15.9 Å². The maximum absolute atomic E-state index is 4.70. The molecule has 1 aromatic heterocycles. The summed E-state index contributed by atoms with van der Waals surface area (Å²) in [7, 11) is 0. The molecule has 0 N–H and O–H groups in total. The number of pyridine rings is 1. The molecule has 0 fully saturated rings. The summed E-state index contributed by atoms with van der Waals surface area (Å²) >= 11 is 3.55. The number of nitrogens with zero attached hydrogens (tertiary/aromatic N) is 3. The molecule has 0 radical (unpaired) electrons. The maximum atomic E-state index is 4.70. The summed E-state index contributed by atoms with van der Waals surface area (Å²) < 4.78 is 1.02. The molecule has 3 rings (SSSR count). The highest BCUT2D eigenvalue weighted by molar-refractivity contribution is 9.10. The van der Waals surface area contributed by atoms with Crippen LogP contribution < -0.4 is 0 Å². The normalized spacial score (nSPS) is 18.2. The zero-order valence-electron chi connectivity index (χ0n) is 10.5. The predicted octanol–water partition coefficient (Wildman–Crippen LogP) is 4.15. The lowest BCUT2D eigenvalue weighted by molar-refractivity contribution is 1.04. The van der Waals surface area contributed by atoms with Crippen LogP contribution in [-0.2, 0) is 0 Å². The molecule has 0 bridgehead atoms. The minimum atomic E-state index is 0.914. The van der Waals surface area contributed by atoms with Gasteiger partial charge >= 0.3 is 0 Å². The van der Waals surface area contributed by atoms with Crippen LogP contribution in [0.4, 0.5) is 0 Å². The monoisotopic (exact) mass is 315 g/mol. The number of hydrogen-bond donors (Lipinski definition) is 0. The average Bonchev–Trinajstić information content (AvgIpc) is 2.48. The fraction of sp³-hybridized carbons (Fsp3) is 0.267. The van der Waals surface area contributed by atoms with Gasteiger partial charge in [0.25, 0.3) is 0 Å². The van der Waals surface area contributed by atoms with Gasteiger partial charge in [0.2, 0.25) is 0 Å². The second-order valence-electron chi connectivity index (χ2n) is 4.53. The summed E-state index contributed by atoms with van der Waals surface area (Å²) in [5, 5.41) is 0. The summed E-state index contributed by atoms with van der Waals surface area (Å²) in [4.78, 5) is 13.6. The molecule has 1 aromatic rings. The van der Waals surface area contributed by atoms with Crippen LogP contribution in [0.15, 0.2) is 44.9 Å². The highest BCUT2D eigenvalue weighted by Gasteiger charge is 2.12. The Labute approximate surface area is 121 Å². The molecule has 3 heterocycles. The Morgan fingerprint density at radius 1 is 1.05 bits per heavy atom. The first-order chi connectivity index (χ1) is 9.33. The van der Waals surface area contributed by atoms with Crippen molar-refractivity contribution >= 4 is 33.6 Å². The van der Waals surface area contributed by atoms with Crippen LogP contribution in [0, 0.1) is 0 Å². The first kappa shape index (κ1) is 12.5. The molecule has 19 heavy (non-hydrogen) atoms. The van der Waals surface area contributed by atoms with Crippen LogP contribution in [0.5, 0.6) is 0 Å². The number of aromatic nitrogens is 1. The number of rotatable bonds is 2. The van der Waals surface area contributed by atoms with E-state index in [0.717, 1.165) is 53.0 Å². The van der Waals surface area contributed by atoms with Gasteiger partial charge in [0.1, 0.15) is 0 Å². The van der Waals surface area contributed by atoms with Crippen LogP contribution in [0.1, 0.15) is 37.1 Å². The van der Waals surface area contributed by atoms with E-state index in [4.69, 9.17) is 4.98 Å². The van der Waals surface area contributed by atoms with Crippen LogP contribution in [0.25, 0.3) is 5.70 Å². The third-order valence-corrected chi connectivity index (χ3v) is 3.55. The number of aliphatic imine (C=N–C) groups is 2. The van der Waals surface area contributed by atoms with Crippen LogP contribution in [0.3, 0.4) is 0 Å². The van der Waals surface area contributed by atoms with Crippen molar-refractivity contribution < 1.29 is 0 Å². The average molecular weight is 316 g/mol. The first-order valence-corrected chi connectivity index (χ1v) is 7.25. The van der Waals surface area contributed by atoms with Crippen LogP contribution in [0.2, 0.25) is 0 Å². The Hall–Kier alpha value is -1.55. The lowest BCUT2D eigenvalue weighted by Gasteiger charge is -2.11. The van der Waals surface area contributed by atoms with Crippen molar-refractivity contribution in [2.75, 3.05) is 0 Å². The summed E-state index contributed by atoms with van der Waals surface area (Å²) in [6, 6.07) is 4.03. The van der Waals surface area contributed by atoms with Gasteiger partial charge in [-0.1, -0.05) is 28.1 Å². The van der Waals surface area contributed by atoms with Crippen LogP contribution in [-0.4, -0.2) is 16.9 Å². The minimum Gasteiger partial charge on any atom is -0.259 e. The first-order valence-electron chi connectivity index (χ1n) is 6.45. The smallest absolute Gasteiger partial charge is 0.0902 e. The standard InChI is InChI=1S/C15H14BrN3/c16-11-9-14(12-5-1-3-7-17-12)19-15(10-11)13-6-2-4-8-18-13/h3,6-10H,1-2,4-5H2. The molecule has 0 unspecified atom stereocenters. The molecule has 0 aliphatic carbocycles. The van der Waals surface area contributed by atoms with Gasteiger partial charge in [0.05, 0.1) is 22.8 Å². The van der Waals surface area contributed by atoms with Crippen molar-refractivity contribution in [2.45, 2.75) is 25.7 Å². The zero-order chi connectivity index (χ0) is 13.1. The second kappa shape index (κ2) is 5.61. The summed E-state index contributed by atoms with van der Waals surface area (Å²) in [6.45, 7) is 0. The number of hydrogen-bond acceptors (Lipinski definition) is 3. The zero-order valence-corrected chi connectivity index (χ0v) is 12.1. The van der Waals surface area contributed by atoms with E-state index in [1.165, 1.54) is 0 Å². The van der Waals surface area contributed by atoms with Gasteiger partial charge in [-0.25, -0.2) is 4.98 Å². The van der Waals surface area contributed by atoms with E-state index in [2.05, 4.69) is 38.1 Å². The molecule has 96 valence electrons. The lowest BCUT2D eigenvalue weighted by Crippen LogP contribution is -2.07. The topological polar surface area (TPSA) is 37.6 Å². The van der Waals surface area contributed by atoms with Gasteiger partial charge in [-0.05, 0) is 37.8 Å². The number of allylic oxidation sites excluding steroid dienone is 2. The fourth-order valence-electron chi connectivity index (χ4n) is 2.15. The van der Waals surface area contributed by atoms with E-state index in [0.29, 0.717) is 0 Å². The molecule has 2 aliphatic heterocycles. The molecule has 0 spiro atoms. The lowest BCUT2D eigenvalue weighted by atomic mass is 10.1. The highest BCUT2D eigenvalue weighted by Crippen LogP contribution is 2.23. The van der Waals surface area contributed by atoms with E-state index in [9.17, 15) is 0 Å². The van der Waals surface area contributed by atoms with Crippen molar-refractivity contribution in [3.8, 4) is 0 Å². The van der Waals surface area contributed by atoms with E-state index in [1.54, 1.807) is 0 Å². The van der Waals surface area contributed by atoms with Crippen molar-refractivity contribution in [1.29, 1.82) is 0 Å². The Balaban J connectivity index is 2.00. The summed E-state index contributed by atoms with van der Waals surface area (Å²) in [5.74, 6) is 0. The minimum absolute atomic E-state index is 0.914. The third-order valence-electron chi connectivity index (χ3n) is 3.10. The molecular weight excluding hydrogens is 302 g/mol. The van der Waals surface area contributed by atoms with Gasteiger partial charge in [0, 0.05) is 16.9 Å². The molecule has 0 aromatic carbocycles. The van der Waals surface area contributed by atoms with Crippen molar-refractivity contribution in [1.82, 2.24) is 4.98 Å². The molecule has 4 heteroatoms. The molecule has 3 nitrogen and oxygen atoms in total. The molecule has 2 aliphatic rings. The van der Waals surface area contributed by atoms with Crippen molar-refractivity contribution in [2.24, 2.45) is 9.98 Å². The van der Waals surface area contributed by atoms with Gasteiger partial charge in [0.15, 0.2) is 0 Å². The SMILES string of the molecule is Brc1cc(C2=CCCC=N2)nc(C2=NC=CCC2)c1. The molecule has 0 amide bonds. The van der Waals surface area contributed by atoms with Crippen molar-refractivity contribution in [3.63, 3.8) is 0 Å². The predicted molar refractivity (Wildman–Crippen MR) is 82.6 cm³/mol. The second-order valence-corrected chi connectivity index (χ2v) is 5.45. The largest absolute Gasteiger partial charge is 0.259 e. The van der Waals surface area contributed by atoms with Gasteiger partial charge in [-0.3, -0.25) is 9.98 Å². The van der Waals surface area contributed by atoms with Crippen molar-refractivity contribution in [3.05, 3.63) is 46.3 Å². The molecule has 0 saturated heterocycles. The van der Waals surface area contributed by atoms with E-state index < -0.39 is 0 Å². The summed E-state index contributed by atoms with van der Waals surface area (Å²) in [6.07, 6.45) is 12.1. The van der Waals surface area contributed by atoms with Gasteiger partial charge in [-0.15, -0.1) is 0 Å². The highest BCUT2D eigenvalue weighted by atomic mass is 79.9. The Morgan fingerprint density at radius 2 is 1.95 bits per heavy atom.